The van der Waals surface area contributed by atoms with Crippen LogP contribution in [0.4, 0.5) is 0 Å². The predicted molar refractivity (Wildman–Crippen MR) is 93.8 cm³/mol. The molecule has 1 fully saturated rings. The monoisotopic (exact) mass is 322 g/mol. The number of amides is 1. The lowest BCUT2D eigenvalue weighted by molar-refractivity contribution is 0.0676. The number of likely N-dealkylation sites (tertiary alicyclic amines) is 1. The summed E-state index contributed by atoms with van der Waals surface area (Å²) in [7, 11) is 2.06. The van der Waals surface area contributed by atoms with Crippen LogP contribution in [-0.2, 0) is 7.05 Å². The minimum atomic E-state index is 0.107. The molecule has 1 saturated heterocycles. The number of carbonyl (C=O) groups excluding carboxylic acids is 1. The van der Waals surface area contributed by atoms with Crippen molar-refractivity contribution in [3.63, 3.8) is 0 Å². The zero-order valence-electron chi connectivity index (χ0n) is 13.9. The van der Waals surface area contributed by atoms with E-state index in [0.29, 0.717) is 0 Å². The second-order valence-electron chi connectivity index (χ2n) is 6.54. The third-order valence-electron chi connectivity index (χ3n) is 5.05. The van der Waals surface area contributed by atoms with Crippen LogP contribution in [0.15, 0.2) is 42.7 Å². The van der Waals surface area contributed by atoms with Crippen molar-refractivity contribution in [2.75, 3.05) is 6.54 Å². The van der Waals surface area contributed by atoms with Crippen molar-refractivity contribution in [3.05, 3.63) is 54.0 Å². The molecule has 5 heteroatoms. The Labute approximate surface area is 141 Å². The highest BCUT2D eigenvalue weighted by Crippen LogP contribution is 2.32. The summed E-state index contributed by atoms with van der Waals surface area (Å²) in [6.07, 6.45) is 8.23. The Balaban J connectivity index is 1.75. The van der Waals surface area contributed by atoms with E-state index in [9.17, 15) is 4.79 Å². The molecule has 24 heavy (non-hydrogen) atoms. The molecule has 1 aliphatic heterocycles. The fraction of sp³-hybridized carbons (Fsp3) is 0.368. The smallest absolute Gasteiger partial charge is 0.255 e. The molecule has 5 nitrogen and oxygen atoms in total. The van der Waals surface area contributed by atoms with Crippen LogP contribution < -0.4 is 0 Å². The van der Waals surface area contributed by atoms with Crippen LogP contribution in [0.2, 0.25) is 0 Å². The Morgan fingerprint density at radius 3 is 2.96 bits per heavy atom. The van der Waals surface area contributed by atoms with Gasteiger partial charge in [0.1, 0.15) is 0 Å². The largest absolute Gasteiger partial charge is 0.353 e. The number of nitrogens with one attached hydrogen (secondary N) is 1. The van der Waals surface area contributed by atoms with Crippen LogP contribution in [0.5, 0.6) is 0 Å². The second-order valence-corrected chi connectivity index (χ2v) is 6.54. The molecule has 0 radical (unpaired) electrons. The van der Waals surface area contributed by atoms with Crippen LogP contribution in [0.1, 0.15) is 47.8 Å². The molecule has 3 aromatic rings. The minimum Gasteiger partial charge on any atom is -0.353 e. The van der Waals surface area contributed by atoms with Gasteiger partial charge in [-0.1, -0.05) is 18.9 Å². The van der Waals surface area contributed by atoms with E-state index in [2.05, 4.69) is 45.0 Å². The van der Waals surface area contributed by atoms with E-state index in [1.54, 1.807) is 6.20 Å². The van der Waals surface area contributed by atoms with Gasteiger partial charge in [-0.3, -0.25) is 9.89 Å². The Bertz CT molecular complexity index is 863. The predicted octanol–water partition coefficient (Wildman–Crippen LogP) is 3.66. The normalized spacial score (nSPS) is 18.7. The summed E-state index contributed by atoms with van der Waals surface area (Å²) >= 11 is 0. The van der Waals surface area contributed by atoms with Gasteiger partial charge in [-0.05, 0) is 37.1 Å². The van der Waals surface area contributed by atoms with E-state index < -0.39 is 0 Å². The standard InChI is InChI=1S/C19H22N4O/c1-22-11-6-10-17(22)18-9-3-2-4-12-23(18)19(24)14-7-5-8-16-15(14)13-20-21-16/h5-8,10-11,13,18H,2-4,9,12H2,1H3,(H,20,21)/t18-/m0/s1. The van der Waals surface area contributed by atoms with Crippen LogP contribution in [0.25, 0.3) is 10.9 Å². The zero-order chi connectivity index (χ0) is 16.5. The molecule has 3 heterocycles. The van der Waals surface area contributed by atoms with E-state index in [0.717, 1.165) is 42.3 Å². The SMILES string of the molecule is Cn1cccc1[C@@H]1CCCCCN1C(=O)c1cccc2[nH]ncc12. The molecule has 1 atom stereocenters. The van der Waals surface area contributed by atoms with Gasteiger partial charge >= 0.3 is 0 Å². The van der Waals surface area contributed by atoms with E-state index in [1.807, 2.05) is 18.2 Å². The molecule has 1 aliphatic rings. The number of hydrogen-bond acceptors (Lipinski definition) is 2. The van der Waals surface area contributed by atoms with E-state index in [-0.39, 0.29) is 11.9 Å². The van der Waals surface area contributed by atoms with Crippen molar-refractivity contribution in [2.24, 2.45) is 7.05 Å². The lowest BCUT2D eigenvalue weighted by Crippen LogP contribution is -2.35. The van der Waals surface area contributed by atoms with Crippen molar-refractivity contribution >= 4 is 16.8 Å². The number of hydrogen-bond donors (Lipinski definition) is 1. The van der Waals surface area contributed by atoms with Crippen LogP contribution in [0.3, 0.4) is 0 Å². The Kier molecular flexibility index (Phi) is 3.84. The van der Waals surface area contributed by atoms with Gasteiger partial charge < -0.3 is 9.47 Å². The van der Waals surface area contributed by atoms with Crippen molar-refractivity contribution in [1.82, 2.24) is 19.7 Å². The first kappa shape index (κ1) is 15.0. The van der Waals surface area contributed by atoms with Gasteiger partial charge in [-0.2, -0.15) is 5.10 Å². The lowest BCUT2D eigenvalue weighted by atomic mass is 10.0. The van der Waals surface area contributed by atoms with Crippen molar-refractivity contribution in [2.45, 2.75) is 31.7 Å². The molecule has 0 unspecified atom stereocenters. The first-order valence-electron chi connectivity index (χ1n) is 8.60. The zero-order valence-corrected chi connectivity index (χ0v) is 13.9. The Morgan fingerprint density at radius 1 is 1.21 bits per heavy atom. The van der Waals surface area contributed by atoms with Gasteiger partial charge in [0.05, 0.1) is 23.3 Å². The molecule has 0 bridgehead atoms. The molecule has 4 rings (SSSR count). The average Bonchev–Trinajstić information content (AvgIpc) is 3.17. The van der Waals surface area contributed by atoms with Gasteiger partial charge in [-0.15, -0.1) is 0 Å². The molecule has 1 N–H and O–H groups in total. The number of nitrogens with zero attached hydrogens (tertiary/aromatic N) is 3. The topological polar surface area (TPSA) is 53.9 Å². The molecular weight excluding hydrogens is 300 g/mol. The van der Waals surface area contributed by atoms with E-state index in [4.69, 9.17) is 0 Å². The summed E-state index contributed by atoms with van der Waals surface area (Å²) in [4.78, 5) is 15.4. The molecule has 124 valence electrons. The fourth-order valence-corrected chi connectivity index (χ4v) is 3.79. The molecular formula is C19H22N4O. The molecule has 0 saturated carbocycles. The summed E-state index contributed by atoms with van der Waals surface area (Å²) in [6.45, 7) is 0.808. The lowest BCUT2D eigenvalue weighted by Gasteiger charge is -2.31. The fourth-order valence-electron chi connectivity index (χ4n) is 3.79. The molecule has 1 aromatic carbocycles. The van der Waals surface area contributed by atoms with Crippen molar-refractivity contribution in [3.8, 4) is 0 Å². The van der Waals surface area contributed by atoms with Gasteiger partial charge in [-0.25, -0.2) is 0 Å². The Hall–Kier alpha value is -2.56. The number of aryl methyl sites for hydroxylation is 1. The van der Waals surface area contributed by atoms with Gasteiger partial charge in [0, 0.05) is 30.9 Å². The van der Waals surface area contributed by atoms with E-state index in [1.165, 1.54) is 12.1 Å². The van der Waals surface area contributed by atoms with Crippen LogP contribution in [0, 0.1) is 0 Å². The van der Waals surface area contributed by atoms with Crippen molar-refractivity contribution < 1.29 is 4.79 Å². The maximum absolute atomic E-state index is 13.4. The molecule has 0 aliphatic carbocycles. The van der Waals surface area contributed by atoms with Gasteiger partial charge in [0.25, 0.3) is 5.91 Å². The van der Waals surface area contributed by atoms with Gasteiger partial charge in [0.15, 0.2) is 0 Å². The first-order valence-corrected chi connectivity index (χ1v) is 8.60. The number of H-pyrrole nitrogens is 1. The maximum Gasteiger partial charge on any atom is 0.255 e. The molecule has 2 aromatic heterocycles. The summed E-state index contributed by atoms with van der Waals surface area (Å²) in [6, 6.07) is 10.1. The average molecular weight is 322 g/mol. The van der Waals surface area contributed by atoms with Crippen LogP contribution >= 0.6 is 0 Å². The number of rotatable bonds is 2. The summed E-state index contributed by atoms with van der Waals surface area (Å²) < 4.78 is 2.13. The number of aromatic nitrogens is 3. The highest BCUT2D eigenvalue weighted by atomic mass is 16.2. The van der Waals surface area contributed by atoms with Gasteiger partial charge in [0.2, 0.25) is 0 Å². The quantitative estimate of drug-likeness (QED) is 0.783. The highest BCUT2D eigenvalue weighted by Gasteiger charge is 2.29. The molecule has 0 spiro atoms. The van der Waals surface area contributed by atoms with Crippen LogP contribution in [-0.4, -0.2) is 32.1 Å². The van der Waals surface area contributed by atoms with Crippen molar-refractivity contribution in [1.29, 1.82) is 0 Å². The highest BCUT2D eigenvalue weighted by molar-refractivity contribution is 6.06. The number of benzene rings is 1. The van der Waals surface area contributed by atoms with E-state index >= 15 is 0 Å². The summed E-state index contributed by atoms with van der Waals surface area (Å²) in [5.74, 6) is 0.107. The third-order valence-corrected chi connectivity index (χ3v) is 5.05. The minimum absolute atomic E-state index is 0.107. The third kappa shape index (κ3) is 2.50. The molecule has 1 amide bonds. The summed E-state index contributed by atoms with van der Waals surface area (Å²) in [5, 5.41) is 7.94. The second kappa shape index (κ2) is 6.15. The number of carbonyl (C=O) groups is 1. The number of aromatic amines is 1. The first-order chi connectivity index (χ1) is 11.8. The number of fused-ring (bicyclic) bond motifs is 1. The maximum atomic E-state index is 13.4. The summed E-state index contributed by atoms with van der Waals surface area (Å²) in [5.41, 5.74) is 2.86. The Morgan fingerprint density at radius 2 is 2.12 bits per heavy atom.